The van der Waals surface area contributed by atoms with Crippen molar-refractivity contribution in [3.8, 4) is 0 Å². The minimum Gasteiger partial charge on any atom is -0.481 e. The number of nitrogens with two attached hydrogens (primary N) is 1. The first-order valence-electron chi connectivity index (χ1n) is 9.91. The Kier molecular flexibility index (Phi) is 12.4. The number of carbonyl (C=O) groups excluding carboxylic acids is 2. The third kappa shape index (κ3) is 11.7. The zero-order valence-electron chi connectivity index (χ0n) is 17.3. The van der Waals surface area contributed by atoms with Crippen molar-refractivity contribution in [2.45, 2.75) is 51.5 Å². The van der Waals surface area contributed by atoms with E-state index in [-0.39, 0.29) is 11.8 Å². The fourth-order valence-electron chi connectivity index (χ4n) is 2.61. The monoisotopic (exact) mass is 421 g/mol. The Morgan fingerprint density at radius 2 is 1.67 bits per heavy atom. The van der Waals surface area contributed by atoms with Gasteiger partial charge in [0.2, 0.25) is 11.8 Å². The molecule has 2 aromatic rings. The van der Waals surface area contributed by atoms with Gasteiger partial charge in [-0.3, -0.25) is 14.4 Å². The Morgan fingerprint density at radius 1 is 1.07 bits per heavy atom. The molecule has 0 aromatic carbocycles. The zero-order valence-corrected chi connectivity index (χ0v) is 17.3. The van der Waals surface area contributed by atoms with Crippen LogP contribution in [-0.2, 0) is 27.2 Å². The molecule has 0 radical (unpaired) electrons. The summed E-state index contributed by atoms with van der Waals surface area (Å²) in [5, 5.41) is 13.1. The number of aryl methyl sites for hydroxylation is 1. The van der Waals surface area contributed by atoms with Crippen molar-refractivity contribution in [1.29, 1.82) is 0 Å². The smallest absolute Gasteiger partial charge is 0.300 e. The first-order valence-corrected chi connectivity index (χ1v) is 9.91. The molecule has 2 aromatic heterocycles. The molecule has 0 fully saturated rings. The van der Waals surface area contributed by atoms with Gasteiger partial charge >= 0.3 is 0 Å². The number of aliphatic carboxylic acids is 1. The van der Waals surface area contributed by atoms with E-state index in [0.717, 1.165) is 30.9 Å². The maximum atomic E-state index is 12.4. The average molecular weight is 421 g/mol. The van der Waals surface area contributed by atoms with Gasteiger partial charge in [0, 0.05) is 19.9 Å². The Balaban J connectivity index is 0.00000103. The van der Waals surface area contributed by atoms with Gasteiger partial charge in [0.1, 0.15) is 6.04 Å². The first kappa shape index (κ1) is 25.0. The number of carboxylic acid groups (broad SMARTS) is 1. The number of hydrogen-bond acceptors (Lipinski definition) is 6. The van der Waals surface area contributed by atoms with Gasteiger partial charge in [0.05, 0.1) is 25.1 Å². The van der Waals surface area contributed by atoms with E-state index in [1.807, 2.05) is 12.1 Å². The third-order valence-corrected chi connectivity index (χ3v) is 4.11. The fraction of sp³-hybridized carbons (Fsp3) is 0.476. The van der Waals surface area contributed by atoms with E-state index in [2.05, 4.69) is 10.6 Å². The first-order chi connectivity index (χ1) is 14.4. The van der Waals surface area contributed by atoms with E-state index < -0.39 is 12.0 Å². The van der Waals surface area contributed by atoms with Crippen LogP contribution in [0.1, 0.15) is 43.7 Å². The Bertz CT molecular complexity index is 724. The molecule has 30 heavy (non-hydrogen) atoms. The van der Waals surface area contributed by atoms with E-state index in [1.165, 1.54) is 0 Å². The standard InChI is InChI=1S/C19H27N3O4.C2H4O2/c20-9-2-1-3-17(19(24)21-10-6-16-8-12-26-14-16)22-18(23)5-4-15-7-11-25-13-15;1-2(3)4/h7-8,11-14,17H,1-6,9-10,20H2,(H,21,24)(H,22,23);1H3,(H,3,4). The van der Waals surface area contributed by atoms with Crippen LogP contribution >= 0.6 is 0 Å². The van der Waals surface area contributed by atoms with Gasteiger partial charge in [-0.1, -0.05) is 0 Å². The average Bonchev–Trinajstić information content (AvgIpc) is 3.39. The summed E-state index contributed by atoms with van der Waals surface area (Å²) in [6.45, 7) is 2.15. The highest BCUT2D eigenvalue weighted by Gasteiger charge is 2.20. The summed E-state index contributed by atoms with van der Waals surface area (Å²) in [5.41, 5.74) is 7.51. The predicted molar refractivity (Wildman–Crippen MR) is 111 cm³/mol. The highest BCUT2D eigenvalue weighted by atomic mass is 16.4. The van der Waals surface area contributed by atoms with E-state index in [0.29, 0.717) is 38.8 Å². The summed E-state index contributed by atoms with van der Waals surface area (Å²) in [4.78, 5) is 33.6. The second-order valence-corrected chi connectivity index (χ2v) is 6.73. The molecule has 5 N–H and O–H groups in total. The van der Waals surface area contributed by atoms with Crippen LogP contribution in [-0.4, -0.2) is 42.0 Å². The Labute approximate surface area is 176 Å². The molecule has 9 nitrogen and oxygen atoms in total. The van der Waals surface area contributed by atoms with Crippen LogP contribution in [0.4, 0.5) is 0 Å². The van der Waals surface area contributed by atoms with Gasteiger partial charge in [-0.25, -0.2) is 0 Å². The van der Waals surface area contributed by atoms with Gasteiger partial charge in [-0.05, 0) is 61.9 Å². The van der Waals surface area contributed by atoms with E-state index in [4.69, 9.17) is 24.5 Å². The minimum atomic E-state index is -0.833. The lowest BCUT2D eigenvalue weighted by Gasteiger charge is -2.18. The maximum Gasteiger partial charge on any atom is 0.300 e. The summed E-state index contributed by atoms with van der Waals surface area (Å²) in [5.74, 6) is -1.14. The molecule has 0 aliphatic rings. The lowest BCUT2D eigenvalue weighted by atomic mass is 10.1. The van der Waals surface area contributed by atoms with Crippen molar-refractivity contribution in [3.63, 3.8) is 0 Å². The highest BCUT2D eigenvalue weighted by molar-refractivity contribution is 5.87. The summed E-state index contributed by atoms with van der Waals surface area (Å²) in [6, 6.07) is 3.15. The van der Waals surface area contributed by atoms with E-state index in [1.54, 1.807) is 25.1 Å². The van der Waals surface area contributed by atoms with Crippen molar-refractivity contribution in [2.75, 3.05) is 13.1 Å². The van der Waals surface area contributed by atoms with E-state index >= 15 is 0 Å². The van der Waals surface area contributed by atoms with Crippen LogP contribution in [0.5, 0.6) is 0 Å². The second-order valence-electron chi connectivity index (χ2n) is 6.73. The van der Waals surface area contributed by atoms with E-state index in [9.17, 15) is 9.59 Å². The summed E-state index contributed by atoms with van der Waals surface area (Å²) in [7, 11) is 0. The van der Waals surface area contributed by atoms with Gasteiger partial charge in [-0.2, -0.15) is 0 Å². The maximum absolute atomic E-state index is 12.4. The molecule has 1 unspecified atom stereocenters. The molecule has 0 bridgehead atoms. The molecule has 0 saturated heterocycles. The van der Waals surface area contributed by atoms with Gasteiger partial charge in [0.25, 0.3) is 5.97 Å². The fourth-order valence-corrected chi connectivity index (χ4v) is 2.61. The summed E-state index contributed by atoms with van der Waals surface area (Å²) in [6.07, 6.45) is 10.2. The van der Waals surface area contributed by atoms with Crippen LogP contribution in [0, 0.1) is 0 Å². The topological polar surface area (TPSA) is 148 Å². The molecule has 166 valence electrons. The number of hydrogen-bond donors (Lipinski definition) is 4. The quantitative estimate of drug-likeness (QED) is 0.382. The lowest BCUT2D eigenvalue weighted by molar-refractivity contribution is -0.134. The molecule has 2 rings (SSSR count). The zero-order chi connectivity index (χ0) is 22.2. The van der Waals surface area contributed by atoms with Crippen LogP contribution in [0.3, 0.4) is 0 Å². The molecule has 0 aliphatic heterocycles. The van der Waals surface area contributed by atoms with Crippen LogP contribution in [0.2, 0.25) is 0 Å². The third-order valence-electron chi connectivity index (χ3n) is 4.11. The highest BCUT2D eigenvalue weighted by Crippen LogP contribution is 2.06. The van der Waals surface area contributed by atoms with Crippen LogP contribution < -0.4 is 16.4 Å². The number of unbranched alkanes of at least 4 members (excludes halogenated alkanes) is 1. The Hall–Kier alpha value is -3.07. The number of carbonyl (C=O) groups is 3. The van der Waals surface area contributed by atoms with Gasteiger partial charge in [0.15, 0.2) is 0 Å². The van der Waals surface area contributed by atoms with Gasteiger partial charge < -0.3 is 30.3 Å². The summed E-state index contributed by atoms with van der Waals surface area (Å²) >= 11 is 0. The summed E-state index contributed by atoms with van der Waals surface area (Å²) < 4.78 is 10.00. The van der Waals surface area contributed by atoms with Crippen LogP contribution in [0.25, 0.3) is 0 Å². The largest absolute Gasteiger partial charge is 0.481 e. The molecular formula is C21H31N3O6. The number of furan rings is 2. The van der Waals surface area contributed by atoms with Crippen LogP contribution in [0.15, 0.2) is 46.0 Å². The number of nitrogens with one attached hydrogen (secondary N) is 2. The number of amides is 2. The number of rotatable bonds is 12. The van der Waals surface area contributed by atoms with Crippen molar-refractivity contribution in [3.05, 3.63) is 48.3 Å². The normalized spacial score (nSPS) is 11.1. The second kappa shape index (κ2) is 14.9. The van der Waals surface area contributed by atoms with Crippen molar-refractivity contribution >= 4 is 17.8 Å². The van der Waals surface area contributed by atoms with Gasteiger partial charge in [-0.15, -0.1) is 0 Å². The molecule has 2 amide bonds. The molecule has 2 heterocycles. The molecule has 0 spiro atoms. The molecule has 9 heteroatoms. The van der Waals surface area contributed by atoms with Crippen molar-refractivity contribution in [1.82, 2.24) is 10.6 Å². The molecule has 0 saturated carbocycles. The molecular weight excluding hydrogens is 390 g/mol. The van der Waals surface area contributed by atoms with Crippen molar-refractivity contribution in [2.24, 2.45) is 5.73 Å². The Morgan fingerprint density at radius 3 is 2.20 bits per heavy atom. The van der Waals surface area contributed by atoms with Crippen molar-refractivity contribution < 1.29 is 28.3 Å². The molecule has 1 atom stereocenters. The predicted octanol–water partition coefficient (Wildman–Crippen LogP) is 1.87. The molecule has 0 aliphatic carbocycles. The number of carboxylic acids is 1. The SMILES string of the molecule is CC(=O)O.NCCCCC(NC(=O)CCc1ccoc1)C(=O)NCCc1ccoc1. The minimum absolute atomic E-state index is 0.145. The lowest BCUT2D eigenvalue weighted by Crippen LogP contribution is -2.47.